The summed E-state index contributed by atoms with van der Waals surface area (Å²) in [5.74, 6) is 0.444. The van der Waals surface area contributed by atoms with E-state index in [0.29, 0.717) is 0 Å². The normalized spacial score (nSPS) is 11.3. The average Bonchev–Trinajstić information content (AvgIpc) is 2.56. The van der Waals surface area contributed by atoms with Crippen molar-refractivity contribution in [3.05, 3.63) is 64.2 Å². The number of hydrogen-bond acceptors (Lipinski definition) is 3. The molecule has 0 atom stereocenters. The van der Waals surface area contributed by atoms with Gasteiger partial charge in [0, 0.05) is 0 Å². The van der Waals surface area contributed by atoms with Crippen molar-refractivity contribution in [1.82, 2.24) is 5.43 Å². The minimum absolute atomic E-state index is 0.0615. The molecule has 2 aromatic rings. The molecule has 0 bridgehead atoms. The van der Waals surface area contributed by atoms with Gasteiger partial charge in [0.15, 0.2) is 6.61 Å². The summed E-state index contributed by atoms with van der Waals surface area (Å²) in [5.41, 5.74) is 8.83. The summed E-state index contributed by atoms with van der Waals surface area (Å²) in [5, 5.41) is 4.15. The van der Waals surface area contributed by atoms with Gasteiger partial charge < -0.3 is 4.74 Å². The summed E-state index contributed by atoms with van der Waals surface area (Å²) < 4.78 is 5.57. The van der Waals surface area contributed by atoms with Crippen molar-refractivity contribution in [3.63, 3.8) is 0 Å². The summed E-state index contributed by atoms with van der Waals surface area (Å²) in [4.78, 5) is 11.9. The van der Waals surface area contributed by atoms with Crippen LogP contribution in [0.3, 0.4) is 0 Å². The van der Waals surface area contributed by atoms with Crippen molar-refractivity contribution in [1.29, 1.82) is 0 Å². The molecule has 4 heteroatoms. The second-order valence-electron chi connectivity index (χ2n) is 6.09. The number of nitrogens with zero attached hydrogens (tertiary/aromatic N) is 1. The lowest BCUT2D eigenvalue weighted by Crippen LogP contribution is -2.25. The predicted molar refractivity (Wildman–Crippen MR) is 97.7 cm³/mol. The van der Waals surface area contributed by atoms with Gasteiger partial charge in [-0.2, -0.15) is 5.10 Å². The van der Waals surface area contributed by atoms with Gasteiger partial charge in [-0.1, -0.05) is 24.3 Å². The average molecular weight is 324 g/mol. The van der Waals surface area contributed by atoms with E-state index in [-0.39, 0.29) is 12.5 Å². The summed E-state index contributed by atoms with van der Waals surface area (Å²) in [6.07, 6.45) is 0. The Hall–Kier alpha value is -2.62. The smallest absolute Gasteiger partial charge is 0.277 e. The van der Waals surface area contributed by atoms with E-state index in [9.17, 15) is 4.79 Å². The molecule has 4 nitrogen and oxygen atoms in total. The fraction of sp³-hybridized carbons (Fsp3) is 0.300. The van der Waals surface area contributed by atoms with Crippen molar-refractivity contribution in [2.24, 2.45) is 5.10 Å². The summed E-state index contributed by atoms with van der Waals surface area (Å²) in [6, 6.07) is 12.0. The van der Waals surface area contributed by atoms with E-state index < -0.39 is 0 Å². The van der Waals surface area contributed by atoms with E-state index in [1.165, 1.54) is 11.1 Å². The molecule has 2 aromatic carbocycles. The molecule has 24 heavy (non-hydrogen) atoms. The van der Waals surface area contributed by atoms with Gasteiger partial charge in [-0.05, 0) is 74.6 Å². The van der Waals surface area contributed by atoms with Crippen molar-refractivity contribution in [2.45, 2.75) is 34.6 Å². The highest BCUT2D eigenvalue weighted by Crippen LogP contribution is 2.18. The Balaban J connectivity index is 1.94. The zero-order chi connectivity index (χ0) is 17.7. The predicted octanol–water partition coefficient (Wildman–Crippen LogP) is 3.84. The SMILES string of the molecule is C/C(=N/NC(=O)COc1cc(C)ccc1C)c1ccc(C)c(C)c1. The molecule has 0 heterocycles. The van der Waals surface area contributed by atoms with Crippen LogP contribution in [0.15, 0.2) is 41.5 Å². The quantitative estimate of drug-likeness (QED) is 0.671. The first-order valence-corrected chi connectivity index (χ1v) is 7.97. The number of carbonyl (C=O) groups is 1. The van der Waals surface area contributed by atoms with Crippen LogP contribution < -0.4 is 10.2 Å². The molecule has 0 radical (unpaired) electrons. The van der Waals surface area contributed by atoms with Gasteiger partial charge in [0.2, 0.25) is 0 Å². The molecule has 0 saturated heterocycles. The minimum Gasteiger partial charge on any atom is -0.483 e. The van der Waals surface area contributed by atoms with Crippen LogP contribution in [-0.2, 0) is 4.79 Å². The Labute approximate surface area is 143 Å². The molecular formula is C20H24N2O2. The highest BCUT2D eigenvalue weighted by atomic mass is 16.5. The molecule has 0 aromatic heterocycles. The maximum absolute atomic E-state index is 11.9. The van der Waals surface area contributed by atoms with Gasteiger partial charge in [0.1, 0.15) is 5.75 Å². The first-order chi connectivity index (χ1) is 11.4. The number of ether oxygens (including phenoxy) is 1. The van der Waals surface area contributed by atoms with Gasteiger partial charge in [-0.25, -0.2) is 5.43 Å². The van der Waals surface area contributed by atoms with Crippen molar-refractivity contribution in [3.8, 4) is 5.75 Å². The Morgan fingerprint density at radius 2 is 1.71 bits per heavy atom. The van der Waals surface area contributed by atoms with Crippen LogP contribution in [-0.4, -0.2) is 18.2 Å². The number of nitrogens with one attached hydrogen (secondary N) is 1. The molecule has 0 saturated carbocycles. The maximum Gasteiger partial charge on any atom is 0.277 e. The molecule has 1 N–H and O–H groups in total. The Morgan fingerprint density at radius 1 is 1.00 bits per heavy atom. The lowest BCUT2D eigenvalue weighted by molar-refractivity contribution is -0.123. The molecule has 0 spiro atoms. The Kier molecular flexibility index (Phi) is 5.74. The van der Waals surface area contributed by atoms with Crippen LogP contribution in [0.4, 0.5) is 0 Å². The zero-order valence-electron chi connectivity index (χ0n) is 14.9. The zero-order valence-corrected chi connectivity index (χ0v) is 14.9. The summed E-state index contributed by atoms with van der Waals surface area (Å²) >= 11 is 0. The van der Waals surface area contributed by atoms with Gasteiger partial charge in [0.25, 0.3) is 5.91 Å². The molecule has 0 aliphatic heterocycles. The number of benzene rings is 2. The third kappa shape index (κ3) is 4.69. The number of hydrogen-bond donors (Lipinski definition) is 1. The molecule has 0 aliphatic carbocycles. The van der Waals surface area contributed by atoms with E-state index in [2.05, 4.69) is 36.5 Å². The third-order valence-corrected chi connectivity index (χ3v) is 3.98. The minimum atomic E-state index is -0.279. The topological polar surface area (TPSA) is 50.7 Å². The van der Waals surface area contributed by atoms with E-state index in [4.69, 9.17) is 4.74 Å². The molecule has 2 rings (SSSR count). The largest absolute Gasteiger partial charge is 0.483 e. The first-order valence-electron chi connectivity index (χ1n) is 7.97. The number of amides is 1. The number of hydrazone groups is 1. The number of aryl methyl sites for hydroxylation is 4. The fourth-order valence-electron chi connectivity index (χ4n) is 2.22. The Bertz CT molecular complexity index is 779. The van der Waals surface area contributed by atoms with Crippen molar-refractivity contribution in [2.75, 3.05) is 6.61 Å². The maximum atomic E-state index is 11.9. The highest BCUT2D eigenvalue weighted by molar-refractivity contribution is 5.99. The van der Waals surface area contributed by atoms with Gasteiger partial charge in [-0.3, -0.25) is 4.79 Å². The van der Waals surface area contributed by atoms with E-state index in [1.807, 2.05) is 45.0 Å². The molecule has 0 fully saturated rings. The van der Waals surface area contributed by atoms with Crippen LogP contribution in [0.25, 0.3) is 0 Å². The van der Waals surface area contributed by atoms with Crippen LogP contribution in [0.5, 0.6) is 5.75 Å². The lowest BCUT2D eigenvalue weighted by Gasteiger charge is -2.09. The van der Waals surface area contributed by atoms with E-state index in [0.717, 1.165) is 28.2 Å². The van der Waals surface area contributed by atoms with Crippen molar-refractivity contribution >= 4 is 11.6 Å². The monoisotopic (exact) mass is 324 g/mol. The van der Waals surface area contributed by atoms with Crippen molar-refractivity contribution < 1.29 is 9.53 Å². The molecule has 126 valence electrons. The molecule has 0 aliphatic rings. The van der Waals surface area contributed by atoms with Gasteiger partial charge in [0.05, 0.1) is 5.71 Å². The highest BCUT2D eigenvalue weighted by Gasteiger charge is 2.06. The van der Waals surface area contributed by atoms with Crippen LogP contribution >= 0.6 is 0 Å². The van der Waals surface area contributed by atoms with Gasteiger partial charge >= 0.3 is 0 Å². The molecule has 1 amide bonds. The van der Waals surface area contributed by atoms with Crippen LogP contribution in [0, 0.1) is 27.7 Å². The second kappa shape index (κ2) is 7.77. The lowest BCUT2D eigenvalue weighted by atomic mass is 10.0. The number of carbonyl (C=O) groups excluding carboxylic acids is 1. The summed E-state index contributed by atoms with van der Waals surface area (Å²) in [7, 11) is 0. The third-order valence-electron chi connectivity index (χ3n) is 3.98. The fourth-order valence-corrected chi connectivity index (χ4v) is 2.22. The standard InChI is InChI=1S/C20H24N2O2/c1-13-6-7-15(3)19(10-13)24-12-20(23)22-21-17(5)18-9-8-14(2)16(4)11-18/h6-11H,12H2,1-5H3,(H,22,23)/b21-17-. The Morgan fingerprint density at radius 3 is 2.42 bits per heavy atom. The van der Waals surface area contributed by atoms with Crippen LogP contribution in [0.1, 0.15) is 34.7 Å². The second-order valence-corrected chi connectivity index (χ2v) is 6.09. The van der Waals surface area contributed by atoms with E-state index >= 15 is 0 Å². The number of rotatable bonds is 5. The summed E-state index contributed by atoms with van der Waals surface area (Å²) in [6.45, 7) is 9.88. The van der Waals surface area contributed by atoms with Crippen LogP contribution in [0.2, 0.25) is 0 Å². The van der Waals surface area contributed by atoms with Gasteiger partial charge in [-0.15, -0.1) is 0 Å². The van der Waals surface area contributed by atoms with E-state index in [1.54, 1.807) is 0 Å². The molecular weight excluding hydrogens is 300 g/mol. The molecule has 0 unspecified atom stereocenters. The first kappa shape index (κ1) is 17.7.